The summed E-state index contributed by atoms with van der Waals surface area (Å²) in [7, 11) is -3.88. The lowest BCUT2D eigenvalue weighted by Gasteiger charge is -2.07. The first-order valence-corrected chi connectivity index (χ1v) is 8.66. The summed E-state index contributed by atoms with van der Waals surface area (Å²) < 4.78 is 36.8. The Morgan fingerprint density at radius 1 is 1.35 bits per heavy atom. The molecule has 122 valence electrons. The van der Waals surface area contributed by atoms with Gasteiger partial charge in [-0.25, -0.2) is 13.1 Å². The summed E-state index contributed by atoms with van der Waals surface area (Å²) in [6.45, 7) is 2.29. The normalized spacial score (nSPS) is 13.4. The van der Waals surface area contributed by atoms with Crippen LogP contribution in [0.25, 0.3) is 0 Å². The van der Waals surface area contributed by atoms with Gasteiger partial charge in [-0.15, -0.1) is 0 Å². The number of nitrogens with zero attached hydrogens (tertiary/aromatic N) is 1. The summed E-state index contributed by atoms with van der Waals surface area (Å²) in [6.07, 6.45) is 0.994. The molecule has 0 atom stereocenters. The fourth-order valence-corrected chi connectivity index (χ4v) is 3.43. The van der Waals surface area contributed by atoms with E-state index < -0.39 is 15.9 Å². The van der Waals surface area contributed by atoms with Gasteiger partial charge >= 0.3 is 0 Å². The number of nitrogens with one attached hydrogen (secondary N) is 1. The average molecular weight is 336 g/mol. The highest BCUT2D eigenvalue weighted by Gasteiger charge is 2.21. The van der Waals surface area contributed by atoms with Gasteiger partial charge in [0.1, 0.15) is 11.5 Å². The minimum Gasteiger partial charge on any atom is -0.493 e. The van der Waals surface area contributed by atoms with Crippen LogP contribution < -0.4 is 9.46 Å². The predicted molar refractivity (Wildman–Crippen MR) is 80.5 cm³/mol. The molecule has 2 aromatic rings. The Bertz CT molecular complexity index is 841. The molecule has 1 aromatic heterocycles. The summed E-state index contributed by atoms with van der Waals surface area (Å²) in [5.41, 5.74) is 1.45. The summed E-state index contributed by atoms with van der Waals surface area (Å²) in [5, 5.41) is 3.76. The van der Waals surface area contributed by atoms with E-state index in [1.165, 1.54) is 6.07 Å². The number of rotatable bonds is 5. The second kappa shape index (κ2) is 6.04. The Labute approximate surface area is 133 Å². The molecule has 8 heteroatoms. The van der Waals surface area contributed by atoms with Gasteiger partial charge in [0.2, 0.25) is 5.91 Å². The molecule has 0 radical (unpaired) electrons. The number of ether oxygens (including phenoxy) is 1. The van der Waals surface area contributed by atoms with Crippen LogP contribution in [0.2, 0.25) is 0 Å². The van der Waals surface area contributed by atoms with Crippen molar-refractivity contribution in [1.29, 1.82) is 0 Å². The molecule has 0 aliphatic carbocycles. The van der Waals surface area contributed by atoms with Gasteiger partial charge in [-0.3, -0.25) is 4.79 Å². The third-order valence-electron chi connectivity index (χ3n) is 3.50. The van der Waals surface area contributed by atoms with Crippen molar-refractivity contribution in [2.45, 2.75) is 31.1 Å². The molecule has 2 heterocycles. The van der Waals surface area contributed by atoms with Gasteiger partial charge in [0.25, 0.3) is 10.0 Å². The van der Waals surface area contributed by atoms with Crippen LogP contribution in [0, 0.1) is 6.92 Å². The fourth-order valence-electron chi connectivity index (χ4n) is 2.37. The monoisotopic (exact) mass is 336 g/mol. The molecule has 0 saturated heterocycles. The Balaban J connectivity index is 1.64. The topological polar surface area (TPSA) is 98.5 Å². The number of carbonyl (C=O) groups is 1. The van der Waals surface area contributed by atoms with Crippen LogP contribution in [0.3, 0.4) is 0 Å². The van der Waals surface area contributed by atoms with Crippen molar-refractivity contribution in [2.75, 3.05) is 6.61 Å². The van der Waals surface area contributed by atoms with E-state index in [2.05, 4.69) is 9.88 Å². The zero-order valence-corrected chi connectivity index (χ0v) is 13.4. The van der Waals surface area contributed by atoms with Crippen LogP contribution in [0.4, 0.5) is 0 Å². The average Bonchev–Trinajstić information content (AvgIpc) is 3.12. The molecule has 0 saturated carbocycles. The second-order valence-corrected chi connectivity index (χ2v) is 7.01. The Kier molecular flexibility index (Phi) is 4.08. The van der Waals surface area contributed by atoms with Crippen molar-refractivity contribution >= 4 is 15.9 Å². The first kappa shape index (κ1) is 15.5. The van der Waals surface area contributed by atoms with E-state index in [0.29, 0.717) is 36.7 Å². The summed E-state index contributed by atoms with van der Waals surface area (Å²) in [5.74, 6) is 0.757. The van der Waals surface area contributed by atoms with Gasteiger partial charge in [-0.2, -0.15) is 0 Å². The Morgan fingerprint density at radius 2 is 2.17 bits per heavy atom. The molecule has 1 aliphatic heterocycles. The van der Waals surface area contributed by atoms with Crippen LogP contribution in [0.1, 0.15) is 23.4 Å². The van der Waals surface area contributed by atoms with E-state index in [-0.39, 0.29) is 11.3 Å². The van der Waals surface area contributed by atoms with Crippen molar-refractivity contribution in [2.24, 2.45) is 0 Å². The van der Waals surface area contributed by atoms with Crippen LogP contribution in [-0.2, 0) is 27.7 Å². The molecular formula is C15H16N2O5S. The first-order chi connectivity index (χ1) is 10.9. The third kappa shape index (κ3) is 3.53. The van der Waals surface area contributed by atoms with E-state index in [1.807, 2.05) is 0 Å². The number of hydrogen-bond acceptors (Lipinski definition) is 6. The zero-order chi connectivity index (χ0) is 16.4. The lowest BCUT2D eigenvalue weighted by molar-refractivity contribution is -0.119. The maximum atomic E-state index is 12.3. The van der Waals surface area contributed by atoms with Crippen LogP contribution in [-0.4, -0.2) is 26.1 Å². The maximum absolute atomic E-state index is 12.3. The number of aryl methyl sites for hydroxylation is 2. The number of aromatic nitrogens is 1. The predicted octanol–water partition coefficient (Wildman–Crippen LogP) is 1.36. The lowest BCUT2D eigenvalue weighted by atomic mass is 10.2. The van der Waals surface area contributed by atoms with Crippen molar-refractivity contribution in [3.63, 3.8) is 0 Å². The number of carbonyl (C=O) groups excluding carboxylic acids is 1. The number of benzene rings is 1. The van der Waals surface area contributed by atoms with Crippen LogP contribution in [0.5, 0.6) is 5.75 Å². The van der Waals surface area contributed by atoms with Gasteiger partial charge in [0.05, 0.1) is 17.2 Å². The molecular weight excluding hydrogens is 320 g/mol. The summed E-state index contributed by atoms with van der Waals surface area (Å²) in [4.78, 5) is 11.9. The molecule has 1 amide bonds. The molecule has 0 bridgehead atoms. The molecule has 3 rings (SSSR count). The second-order valence-electron chi connectivity index (χ2n) is 5.33. The summed E-state index contributed by atoms with van der Waals surface area (Å²) in [6, 6.07) is 6.29. The van der Waals surface area contributed by atoms with Gasteiger partial charge < -0.3 is 9.26 Å². The molecule has 7 nitrogen and oxygen atoms in total. The van der Waals surface area contributed by atoms with Crippen LogP contribution >= 0.6 is 0 Å². The molecule has 0 fully saturated rings. The van der Waals surface area contributed by atoms with E-state index in [9.17, 15) is 13.2 Å². The molecule has 23 heavy (non-hydrogen) atoms. The lowest BCUT2D eigenvalue weighted by Crippen LogP contribution is -2.30. The van der Waals surface area contributed by atoms with Gasteiger partial charge in [0.15, 0.2) is 0 Å². The van der Waals surface area contributed by atoms with E-state index in [1.54, 1.807) is 25.1 Å². The fraction of sp³-hybridized carbons (Fsp3) is 0.333. The highest BCUT2D eigenvalue weighted by molar-refractivity contribution is 7.90. The smallest absolute Gasteiger partial charge is 0.264 e. The molecule has 1 aliphatic rings. The number of amides is 1. The van der Waals surface area contributed by atoms with E-state index >= 15 is 0 Å². The SMILES string of the molecule is Cc1cc(CCC(=O)NS(=O)(=O)c2ccc3c(c2)CCO3)no1. The van der Waals surface area contributed by atoms with Gasteiger partial charge in [0, 0.05) is 25.3 Å². The van der Waals surface area contributed by atoms with Crippen molar-refractivity contribution in [3.8, 4) is 5.75 Å². The minimum absolute atomic E-state index is 0.0131. The van der Waals surface area contributed by atoms with Crippen molar-refractivity contribution in [3.05, 3.63) is 41.3 Å². The number of hydrogen-bond donors (Lipinski definition) is 1. The highest BCUT2D eigenvalue weighted by Crippen LogP contribution is 2.27. The van der Waals surface area contributed by atoms with E-state index in [0.717, 1.165) is 5.56 Å². The zero-order valence-electron chi connectivity index (χ0n) is 12.5. The molecule has 0 spiro atoms. The van der Waals surface area contributed by atoms with Gasteiger partial charge in [-0.05, 0) is 30.7 Å². The van der Waals surface area contributed by atoms with Crippen LogP contribution in [0.15, 0.2) is 33.7 Å². The van der Waals surface area contributed by atoms with Crippen molar-refractivity contribution < 1.29 is 22.5 Å². The third-order valence-corrected chi connectivity index (χ3v) is 4.88. The minimum atomic E-state index is -3.88. The van der Waals surface area contributed by atoms with Crippen molar-refractivity contribution in [1.82, 2.24) is 9.88 Å². The molecule has 1 aromatic carbocycles. The van der Waals surface area contributed by atoms with Gasteiger partial charge in [-0.1, -0.05) is 5.16 Å². The number of fused-ring (bicyclic) bond motifs is 1. The molecule has 0 unspecified atom stereocenters. The van der Waals surface area contributed by atoms with E-state index in [4.69, 9.17) is 9.26 Å². The first-order valence-electron chi connectivity index (χ1n) is 7.17. The molecule has 1 N–H and O–H groups in total. The quantitative estimate of drug-likeness (QED) is 0.885. The Morgan fingerprint density at radius 3 is 2.91 bits per heavy atom. The maximum Gasteiger partial charge on any atom is 0.264 e. The summed E-state index contributed by atoms with van der Waals surface area (Å²) >= 11 is 0. The highest BCUT2D eigenvalue weighted by atomic mass is 32.2. The standard InChI is InChI=1S/C15H16N2O5S/c1-10-8-12(16-22-10)2-5-15(18)17-23(19,20)13-3-4-14-11(9-13)6-7-21-14/h3-4,8-9H,2,5-7H2,1H3,(H,17,18). The largest absolute Gasteiger partial charge is 0.493 e. The number of sulfonamides is 1. The Hall–Kier alpha value is -2.35.